The van der Waals surface area contributed by atoms with Crippen LogP contribution in [0.1, 0.15) is 48.5 Å². The van der Waals surface area contributed by atoms with Gasteiger partial charge < -0.3 is 35.2 Å². The molecule has 280 valence electrons. The molecule has 5 heterocycles. The number of halogens is 3. The van der Waals surface area contributed by atoms with E-state index in [1.165, 1.54) is 27.1 Å². The highest BCUT2D eigenvalue weighted by Crippen LogP contribution is 2.45. The Morgan fingerprint density at radius 1 is 1.04 bits per heavy atom. The quantitative estimate of drug-likeness (QED) is 0.182. The van der Waals surface area contributed by atoms with Crippen molar-refractivity contribution in [2.24, 2.45) is 0 Å². The van der Waals surface area contributed by atoms with E-state index in [4.69, 9.17) is 29.6 Å². The third-order valence-electron chi connectivity index (χ3n) is 9.78. The van der Waals surface area contributed by atoms with Gasteiger partial charge in [0.15, 0.2) is 29.3 Å². The Hall–Kier alpha value is -5.24. The molecule has 1 aliphatic carbocycles. The molecule has 2 fully saturated rings. The number of carbonyl (C=O) groups is 1. The summed E-state index contributed by atoms with van der Waals surface area (Å²) in [5.74, 6) is -1.24. The number of anilines is 2. The number of nitrogens with one attached hydrogen (secondary N) is 1. The first-order valence-corrected chi connectivity index (χ1v) is 17.0. The van der Waals surface area contributed by atoms with Crippen LogP contribution >= 0.6 is 0 Å². The molecule has 0 unspecified atom stereocenters. The number of aromatic nitrogens is 8. The molecule has 0 saturated carbocycles. The number of hydrogen-bond acceptors (Lipinski definition) is 13. The van der Waals surface area contributed by atoms with Crippen LogP contribution in [0.25, 0.3) is 22.3 Å². The van der Waals surface area contributed by atoms with Crippen LogP contribution in [0.5, 0.6) is 0 Å². The number of fused-ring (bicyclic) bond motifs is 4. The summed E-state index contributed by atoms with van der Waals surface area (Å²) in [6.07, 6.45) is -6.98. The molecule has 0 radical (unpaired) electrons. The number of rotatable bonds is 8. The van der Waals surface area contributed by atoms with Crippen LogP contribution in [0.2, 0.25) is 0 Å². The average Bonchev–Trinajstić information content (AvgIpc) is 3.98. The molecular formula is C34H38F3N11O5. The first-order valence-electron chi connectivity index (χ1n) is 17.0. The summed E-state index contributed by atoms with van der Waals surface area (Å²) in [5, 5.41) is 45.2. The number of imidazole rings is 1. The zero-order valence-electron chi connectivity index (χ0n) is 29.0. The normalized spacial score (nSPS) is 22.6. The van der Waals surface area contributed by atoms with Crippen LogP contribution < -0.4 is 10.2 Å². The van der Waals surface area contributed by atoms with E-state index in [-0.39, 0.29) is 11.7 Å². The summed E-state index contributed by atoms with van der Waals surface area (Å²) in [4.78, 5) is 29.4. The molecule has 4 N–H and O–H groups in total. The minimum absolute atomic E-state index is 0.132. The third-order valence-corrected chi connectivity index (χ3v) is 9.78. The minimum atomic E-state index is -5.08. The van der Waals surface area contributed by atoms with E-state index in [0.29, 0.717) is 42.1 Å². The van der Waals surface area contributed by atoms with Crippen molar-refractivity contribution in [2.45, 2.75) is 62.6 Å². The monoisotopic (exact) mass is 737 g/mol. The van der Waals surface area contributed by atoms with Crippen LogP contribution in [0.15, 0.2) is 54.9 Å². The zero-order chi connectivity index (χ0) is 37.6. The number of aliphatic hydroxyl groups is 2. The van der Waals surface area contributed by atoms with Gasteiger partial charge in [0.2, 0.25) is 11.8 Å². The Morgan fingerprint density at radius 2 is 1.70 bits per heavy atom. The Morgan fingerprint density at radius 3 is 2.28 bits per heavy atom. The number of aliphatic carboxylic acids is 1. The molecule has 0 bridgehead atoms. The maximum Gasteiger partial charge on any atom is 0.490 e. The number of carboxylic acids is 1. The molecule has 5 atom stereocenters. The van der Waals surface area contributed by atoms with Crippen molar-refractivity contribution < 1.29 is 38.0 Å². The van der Waals surface area contributed by atoms with Crippen LogP contribution in [0.4, 0.5) is 24.9 Å². The summed E-state index contributed by atoms with van der Waals surface area (Å²) >= 11 is 0. The summed E-state index contributed by atoms with van der Waals surface area (Å²) in [7, 11) is 4.18. The molecule has 0 spiro atoms. The Bertz CT molecular complexity index is 2060. The van der Waals surface area contributed by atoms with Gasteiger partial charge in [0.1, 0.15) is 12.2 Å². The molecule has 3 aromatic heterocycles. The van der Waals surface area contributed by atoms with Crippen molar-refractivity contribution in [3.05, 3.63) is 71.8 Å². The molecule has 19 heteroatoms. The molecule has 2 aromatic carbocycles. The first-order chi connectivity index (χ1) is 25.3. The van der Waals surface area contributed by atoms with Crippen LogP contribution in [-0.4, -0.2) is 124 Å². The summed E-state index contributed by atoms with van der Waals surface area (Å²) in [6.45, 7) is 4.62. The van der Waals surface area contributed by atoms with E-state index in [1.54, 1.807) is 10.9 Å². The summed E-state index contributed by atoms with van der Waals surface area (Å²) in [6, 6.07) is 17.5. The zero-order valence-corrected chi connectivity index (χ0v) is 29.0. The fourth-order valence-corrected chi connectivity index (χ4v) is 6.99. The number of ether oxygens (including phenoxy) is 1. The standard InChI is InChI=1S/C32H37N11O3.C2HF3O2/c1-4-43-38-29(37-39-43)27-25(44)26(45)31(46-27)42-17-34-24-28(35-32(36-30(24)42)41-14-13-18(16-41)40(2)3)33-15-23-21-11-7-5-9-19(21)20-10-6-8-12-22(20)23;3-2(4,5)1(6)7/h5-12,17-18,23,25-27,31,44-45H,4,13-16H2,1-3H3,(H,33,35,36);(H,6,7)/t18-,25+,26-,27+,31-;/m1./s1. The van der Waals surface area contributed by atoms with Gasteiger partial charge in [-0.1, -0.05) is 48.5 Å². The second kappa shape index (κ2) is 14.3. The lowest BCUT2D eigenvalue weighted by atomic mass is 9.97. The van der Waals surface area contributed by atoms with E-state index in [2.05, 4.69) is 93.2 Å². The van der Waals surface area contributed by atoms with Crippen molar-refractivity contribution in [3.8, 4) is 11.1 Å². The summed E-state index contributed by atoms with van der Waals surface area (Å²) < 4.78 is 39.6. The predicted molar refractivity (Wildman–Crippen MR) is 184 cm³/mol. The van der Waals surface area contributed by atoms with E-state index < -0.39 is 36.7 Å². The van der Waals surface area contributed by atoms with E-state index in [9.17, 15) is 23.4 Å². The molecular weight excluding hydrogens is 699 g/mol. The van der Waals surface area contributed by atoms with Gasteiger partial charge >= 0.3 is 12.1 Å². The third kappa shape index (κ3) is 6.87. The van der Waals surface area contributed by atoms with Gasteiger partial charge in [-0.25, -0.2) is 9.78 Å². The lowest BCUT2D eigenvalue weighted by molar-refractivity contribution is -0.192. The lowest BCUT2D eigenvalue weighted by Gasteiger charge is -2.22. The maximum absolute atomic E-state index is 11.2. The van der Waals surface area contributed by atoms with Gasteiger partial charge in [-0.05, 0) is 54.9 Å². The van der Waals surface area contributed by atoms with Crippen molar-refractivity contribution in [3.63, 3.8) is 0 Å². The molecule has 53 heavy (non-hydrogen) atoms. The number of tetrazole rings is 1. The van der Waals surface area contributed by atoms with Gasteiger partial charge in [-0.3, -0.25) is 4.57 Å². The number of likely N-dealkylation sites (N-methyl/N-ethyl adjacent to an activating group) is 1. The Kier molecular flexibility index (Phi) is 9.75. The van der Waals surface area contributed by atoms with Crippen molar-refractivity contribution in [2.75, 3.05) is 43.9 Å². The van der Waals surface area contributed by atoms with E-state index in [0.717, 1.165) is 19.5 Å². The van der Waals surface area contributed by atoms with E-state index in [1.807, 2.05) is 6.92 Å². The second-order valence-electron chi connectivity index (χ2n) is 13.2. The number of nitrogens with zero attached hydrogens (tertiary/aromatic N) is 10. The fourth-order valence-electron chi connectivity index (χ4n) is 6.99. The van der Waals surface area contributed by atoms with Crippen molar-refractivity contribution >= 4 is 28.9 Å². The van der Waals surface area contributed by atoms with Crippen molar-refractivity contribution in [1.82, 2.24) is 44.6 Å². The van der Waals surface area contributed by atoms with E-state index >= 15 is 0 Å². The number of hydrogen-bond donors (Lipinski definition) is 4. The van der Waals surface area contributed by atoms with Crippen LogP contribution in [-0.2, 0) is 16.1 Å². The lowest BCUT2D eigenvalue weighted by Crippen LogP contribution is -2.32. The molecule has 0 amide bonds. The Labute approximate surface area is 300 Å². The van der Waals surface area contributed by atoms with Gasteiger partial charge in [-0.15, -0.1) is 10.2 Å². The number of benzene rings is 2. The highest BCUT2D eigenvalue weighted by Gasteiger charge is 2.47. The Balaban J connectivity index is 0.000000568. The second-order valence-corrected chi connectivity index (χ2v) is 13.2. The molecule has 2 saturated heterocycles. The number of aliphatic hydroxyl groups excluding tert-OH is 2. The van der Waals surface area contributed by atoms with Crippen molar-refractivity contribution in [1.29, 1.82) is 0 Å². The largest absolute Gasteiger partial charge is 0.490 e. The highest BCUT2D eigenvalue weighted by atomic mass is 19.4. The highest BCUT2D eigenvalue weighted by molar-refractivity contribution is 5.85. The topological polar surface area (TPSA) is 193 Å². The molecule has 2 aliphatic heterocycles. The number of aryl methyl sites for hydroxylation is 1. The van der Waals surface area contributed by atoms with Gasteiger partial charge in [-0.2, -0.15) is 27.9 Å². The number of carboxylic acid groups (broad SMARTS) is 1. The van der Waals surface area contributed by atoms with Crippen LogP contribution in [0, 0.1) is 0 Å². The van der Waals surface area contributed by atoms with Gasteiger partial charge in [0, 0.05) is 31.6 Å². The first kappa shape index (κ1) is 36.1. The smallest absolute Gasteiger partial charge is 0.475 e. The number of alkyl halides is 3. The minimum Gasteiger partial charge on any atom is -0.475 e. The average molecular weight is 738 g/mol. The van der Waals surface area contributed by atoms with Gasteiger partial charge in [0.05, 0.1) is 12.9 Å². The molecule has 8 rings (SSSR count). The molecule has 16 nitrogen and oxygen atoms in total. The molecule has 5 aromatic rings. The SMILES string of the molecule is CCn1nnc([C@H]2O[C@@H](n3cnc4c(NCC5c6ccccc6-c6ccccc65)nc(N5CC[C@@H](N(C)C)C5)nc43)[C@H](O)[C@@H]2O)n1.O=C(O)C(F)(F)F. The summed E-state index contributed by atoms with van der Waals surface area (Å²) in [5.41, 5.74) is 6.10. The van der Waals surface area contributed by atoms with Crippen LogP contribution in [0.3, 0.4) is 0 Å². The fraction of sp³-hybridized carbons (Fsp3) is 0.441. The van der Waals surface area contributed by atoms with Gasteiger partial charge in [0.25, 0.3) is 0 Å². The predicted octanol–water partition coefficient (Wildman–Crippen LogP) is 2.82. The maximum atomic E-state index is 11.2. The molecule has 3 aliphatic rings.